The summed E-state index contributed by atoms with van der Waals surface area (Å²) in [4.78, 5) is 16.3. The van der Waals surface area contributed by atoms with Crippen LogP contribution in [0.2, 0.25) is 0 Å². The Morgan fingerprint density at radius 1 is 1.20 bits per heavy atom. The molecule has 20 heavy (non-hydrogen) atoms. The van der Waals surface area contributed by atoms with Gasteiger partial charge in [0.2, 0.25) is 0 Å². The van der Waals surface area contributed by atoms with Gasteiger partial charge in [0.1, 0.15) is 5.69 Å². The fraction of sp³-hybridized carbons (Fsp3) is 0.250. The Labute approximate surface area is 119 Å². The van der Waals surface area contributed by atoms with Crippen molar-refractivity contribution >= 4 is 11.6 Å². The monoisotopic (exact) mass is 269 g/mol. The van der Waals surface area contributed by atoms with Gasteiger partial charge in [0.15, 0.2) is 0 Å². The van der Waals surface area contributed by atoms with Gasteiger partial charge < -0.3 is 10.6 Å². The number of amides is 1. The fourth-order valence-electron chi connectivity index (χ4n) is 1.89. The van der Waals surface area contributed by atoms with Gasteiger partial charge in [0.25, 0.3) is 5.91 Å². The molecule has 1 heterocycles. The highest BCUT2D eigenvalue weighted by Gasteiger charge is 2.07. The second kappa shape index (κ2) is 6.82. The molecular formula is C16H19N3O. The molecule has 0 unspecified atom stereocenters. The predicted octanol–water partition coefficient (Wildman–Crippen LogP) is 2.75. The number of nitrogens with zero attached hydrogens (tertiary/aromatic N) is 1. The maximum atomic E-state index is 12.1. The molecule has 4 nitrogen and oxygen atoms in total. The van der Waals surface area contributed by atoms with Gasteiger partial charge in [0.05, 0.1) is 0 Å². The van der Waals surface area contributed by atoms with Gasteiger partial charge in [-0.2, -0.15) is 0 Å². The van der Waals surface area contributed by atoms with Crippen molar-refractivity contribution < 1.29 is 4.79 Å². The summed E-state index contributed by atoms with van der Waals surface area (Å²) in [5, 5.41) is 6.13. The van der Waals surface area contributed by atoms with Crippen molar-refractivity contribution in [2.45, 2.75) is 20.4 Å². The molecule has 2 rings (SSSR count). The number of carbonyl (C=O) groups excluding carboxylic acids is 1. The minimum absolute atomic E-state index is 0.186. The van der Waals surface area contributed by atoms with Gasteiger partial charge in [-0.3, -0.25) is 4.79 Å². The molecule has 0 saturated carbocycles. The summed E-state index contributed by atoms with van der Waals surface area (Å²) in [6, 6.07) is 13.2. The van der Waals surface area contributed by atoms with Gasteiger partial charge in [-0.05, 0) is 43.3 Å². The largest absolute Gasteiger partial charge is 0.321 e. The summed E-state index contributed by atoms with van der Waals surface area (Å²) in [5.74, 6) is -0.186. The van der Waals surface area contributed by atoms with E-state index in [2.05, 4.69) is 22.5 Å². The molecular weight excluding hydrogens is 250 g/mol. The number of benzene rings is 1. The van der Waals surface area contributed by atoms with Crippen molar-refractivity contribution in [2.75, 3.05) is 11.9 Å². The number of hydrogen-bond donors (Lipinski definition) is 2. The Balaban J connectivity index is 2.07. The van der Waals surface area contributed by atoms with E-state index >= 15 is 0 Å². The number of rotatable bonds is 5. The molecule has 1 amide bonds. The number of nitrogens with one attached hydrogen (secondary N) is 2. The first kappa shape index (κ1) is 14.2. The molecule has 1 aromatic heterocycles. The third-order valence-corrected chi connectivity index (χ3v) is 2.88. The first-order valence-electron chi connectivity index (χ1n) is 6.73. The average molecular weight is 269 g/mol. The average Bonchev–Trinajstić information content (AvgIpc) is 2.45. The van der Waals surface area contributed by atoms with Crippen LogP contribution in [-0.2, 0) is 6.54 Å². The number of anilines is 1. The molecule has 0 spiro atoms. The van der Waals surface area contributed by atoms with Crippen molar-refractivity contribution in [1.29, 1.82) is 0 Å². The molecule has 0 radical (unpaired) electrons. The van der Waals surface area contributed by atoms with Gasteiger partial charge >= 0.3 is 0 Å². The lowest BCUT2D eigenvalue weighted by Gasteiger charge is -2.08. The van der Waals surface area contributed by atoms with E-state index in [1.807, 2.05) is 43.3 Å². The zero-order valence-electron chi connectivity index (χ0n) is 11.8. The molecule has 0 aliphatic heterocycles. The van der Waals surface area contributed by atoms with E-state index in [-0.39, 0.29) is 5.91 Å². The second-order valence-corrected chi connectivity index (χ2v) is 4.60. The summed E-state index contributed by atoms with van der Waals surface area (Å²) < 4.78 is 0. The van der Waals surface area contributed by atoms with Gasteiger partial charge in [-0.1, -0.05) is 25.1 Å². The molecule has 0 saturated heterocycles. The van der Waals surface area contributed by atoms with Crippen LogP contribution in [0.25, 0.3) is 0 Å². The highest BCUT2D eigenvalue weighted by atomic mass is 16.1. The van der Waals surface area contributed by atoms with E-state index in [1.54, 1.807) is 6.07 Å². The molecule has 4 heteroatoms. The third-order valence-electron chi connectivity index (χ3n) is 2.88. The Morgan fingerprint density at radius 3 is 2.75 bits per heavy atom. The van der Waals surface area contributed by atoms with Gasteiger partial charge in [-0.15, -0.1) is 0 Å². The van der Waals surface area contributed by atoms with Gasteiger partial charge in [-0.25, -0.2) is 4.98 Å². The summed E-state index contributed by atoms with van der Waals surface area (Å²) in [6.07, 6.45) is 0. The van der Waals surface area contributed by atoms with Crippen LogP contribution >= 0.6 is 0 Å². The topological polar surface area (TPSA) is 54.0 Å². The second-order valence-electron chi connectivity index (χ2n) is 4.60. The fourth-order valence-corrected chi connectivity index (χ4v) is 1.89. The molecule has 0 atom stereocenters. The first-order valence-corrected chi connectivity index (χ1v) is 6.73. The minimum atomic E-state index is -0.186. The predicted molar refractivity (Wildman–Crippen MR) is 80.7 cm³/mol. The van der Waals surface area contributed by atoms with Crippen molar-refractivity contribution in [2.24, 2.45) is 0 Å². The SMILES string of the molecule is CCNCc1cccc(NC(=O)c2cccc(C)n2)c1. The number of aryl methyl sites for hydroxylation is 1. The van der Waals surface area contributed by atoms with E-state index in [0.717, 1.165) is 30.0 Å². The summed E-state index contributed by atoms with van der Waals surface area (Å²) in [6.45, 7) is 5.65. The van der Waals surface area contributed by atoms with Crippen LogP contribution in [0.4, 0.5) is 5.69 Å². The van der Waals surface area contributed by atoms with Crippen LogP contribution in [0, 0.1) is 6.92 Å². The zero-order valence-corrected chi connectivity index (χ0v) is 11.8. The van der Waals surface area contributed by atoms with Crippen LogP contribution in [0.3, 0.4) is 0 Å². The zero-order chi connectivity index (χ0) is 14.4. The summed E-state index contributed by atoms with van der Waals surface area (Å²) in [7, 11) is 0. The smallest absolute Gasteiger partial charge is 0.274 e. The van der Waals surface area contributed by atoms with Crippen LogP contribution in [-0.4, -0.2) is 17.4 Å². The van der Waals surface area contributed by atoms with E-state index < -0.39 is 0 Å². The lowest BCUT2D eigenvalue weighted by atomic mass is 10.2. The summed E-state index contributed by atoms with van der Waals surface area (Å²) in [5.41, 5.74) is 3.19. The molecule has 0 bridgehead atoms. The number of hydrogen-bond acceptors (Lipinski definition) is 3. The van der Waals surface area contributed by atoms with Crippen LogP contribution in [0.15, 0.2) is 42.5 Å². The van der Waals surface area contributed by atoms with Crippen molar-refractivity contribution in [1.82, 2.24) is 10.3 Å². The third kappa shape index (κ3) is 3.90. The first-order chi connectivity index (χ1) is 9.69. The van der Waals surface area contributed by atoms with Gasteiger partial charge in [0, 0.05) is 17.9 Å². The van der Waals surface area contributed by atoms with Crippen molar-refractivity contribution in [3.63, 3.8) is 0 Å². The Hall–Kier alpha value is -2.20. The van der Waals surface area contributed by atoms with Crippen LogP contribution in [0.1, 0.15) is 28.7 Å². The lowest BCUT2D eigenvalue weighted by molar-refractivity contribution is 0.102. The van der Waals surface area contributed by atoms with E-state index in [4.69, 9.17) is 0 Å². The standard InChI is InChI=1S/C16H19N3O/c1-3-17-11-13-7-5-8-14(10-13)19-16(20)15-9-4-6-12(2)18-15/h4-10,17H,3,11H2,1-2H3,(H,19,20). The maximum Gasteiger partial charge on any atom is 0.274 e. The Kier molecular flexibility index (Phi) is 4.85. The highest BCUT2D eigenvalue weighted by Crippen LogP contribution is 2.12. The molecule has 0 fully saturated rings. The molecule has 0 aliphatic rings. The van der Waals surface area contributed by atoms with E-state index in [1.165, 1.54) is 0 Å². The normalized spacial score (nSPS) is 10.3. The molecule has 0 aliphatic carbocycles. The molecule has 104 valence electrons. The van der Waals surface area contributed by atoms with Crippen molar-refractivity contribution in [3.8, 4) is 0 Å². The maximum absolute atomic E-state index is 12.1. The molecule has 2 aromatic rings. The van der Waals surface area contributed by atoms with Crippen LogP contribution in [0.5, 0.6) is 0 Å². The Morgan fingerprint density at radius 2 is 2.00 bits per heavy atom. The number of aromatic nitrogens is 1. The highest BCUT2D eigenvalue weighted by molar-refractivity contribution is 6.02. The molecule has 1 aromatic carbocycles. The van der Waals surface area contributed by atoms with E-state index in [0.29, 0.717) is 5.69 Å². The summed E-state index contributed by atoms with van der Waals surface area (Å²) >= 11 is 0. The molecule has 2 N–H and O–H groups in total. The number of pyridine rings is 1. The Bertz CT molecular complexity index is 596. The van der Waals surface area contributed by atoms with E-state index in [9.17, 15) is 4.79 Å². The van der Waals surface area contributed by atoms with Crippen LogP contribution < -0.4 is 10.6 Å². The minimum Gasteiger partial charge on any atom is -0.321 e. The van der Waals surface area contributed by atoms with Crippen molar-refractivity contribution in [3.05, 3.63) is 59.4 Å². The quantitative estimate of drug-likeness (QED) is 0.877. The lowest BCUT2D eigenvalue weighted by Crippen LogP contribution is -2.15. The number of carbonyl (C=O) groups is 1.